The number of fused-ring (bicyclic) bond motifs is 1. The van der Waals surface area contributed by atoms with Gasteiger partial charge in [0.25, 0.3) is 0 Å². The van der Waals surface area contributed by atoms with E-state index >= 15 is 0 Å². The number of hydrogen-bond acceptors (Lipinski definition) is 7. The average Bonchev–Trinajstić information content (AvgIpc) is 2.86. The third kappa shape index (κ3) is 6.69. The Morgan fingerprint density at radius 2 is 1.94 bits per heavy atom. The van der Waals surface area contributed by atoms with E-state index in [0.29, 0.717) is 41.1 Å². The highest BCUT2D eigenvalue weighted by molar-refractivity contribution is 6.33. The Kier molecular flexibility index (Phi) is 8.55. The van der Waals surface area contributed by atoms with Gasteiger partial charge in [0.2, 0.25) is 0 Å². The SMILES string of the molecule is CC(C)N1CCN(CCCNc2ncc(C(=O)CCc3ccc4c(N)nccc4c3)cc2Cl)CC1. The van der Waals surface area contributed by atoms with Crippen LogP contribution in [0.2, 0.25) is 5.02 Å². The highest BCUT2D eigenvalue weighted by Crippen LogP contribution is 2.23. The van der Waals surface area contributed by atoms with E-state index < -0.39 is 0 Å². The highest BCUT2D eigenvalue weighted by atomic mass is 35.5. The van der Waals surface area contributed by atoms with Crippen molar-refractivity contribution in [2.45, 2.75) is 39.2 Å². The lowest BCUT2D eigenvalue weighted by Gasteiger charge is -2.36. The summed E-state index contributed by atoms with van der Waals surface area (Å²) in [5.41, 5.74) is 7.55. The van der Waals surface area contributed by atoms with Crippen LogP contribution in [0.15, 0.2) is 42.7 Å². The zero-order chi connectivity index (χ0) is 24.8. The smallest absolute Gasteiger partial charge is 0.164 e. The van der Waals surface area contributed by atoms with Gasteiger partial charge in [-0.15, -0.1) is 0 Å². The summed E-state index contributed by atoms with van der Waals surface area (Å²) in [4.78, 5) is 26.3. The van der Waals surface area contributed by atoms with Crippen molar-refractivity contribution in [2.75, 3.05) is 50.3 Å². The molecule has 3 aromatic rings. The van der Waals surface area contributed by atoms with Crippen molar-refractivity contribution >= 4 is 39.8 Å². The molecular formula is C27H35ClN6O. The lowest BCUT2D eigenvalue weighted by atomic mass is 10.0. The second-order valence-corrected chi connectivity index (χ2v) is 9.89. The summed E-state index contributed by atoms with van der Waals surface area (Å²) in [5.74, 6) is 1.18. The van der Waals surface area contributed by atoms with E-state index in [2.05, 4.69) is 45.0 Å². The predicted molar refractivity (Wildman–Crippen MR) is 144 cm³/mol. The van der Waals surface area contributed by atoms with E-state index in [9.17, 15) is 4.79 Å². The topological polar surface area (TPSA) is 87.4 Å². The van der Waals surface area contributed by atoms with Crippen molar-refractivity contribution in [1.82, 2.24) is 19.8 Å². The van der Waals surface area contributed by atoms with Gasteiger partial charge in [0, 0.05) is 68.5 Å². The molecule has 0 radical (unpaired) electrons. The van der Waals surface area contributed by atoms with Gasteiger partial charge in [-0.2, -0.15) is 0 Å². The van der Waals surface area contributed by atoms with Crippen LogP contribution in [0.4, 0.5) is 11.6 Å². The lowest BCUT2D eigenvalue weighted by molar-refractivity contribution is 0.0982. The minimum Gasteiger partial charge on any atom is -0.383 e. The molecule has 0 saturated carbocycles. The number of rotatable bonds is 10. The summed E-state index contributed by atoms with van der Waals surface area (Å²) in [6.45, 7) is 10.9. The molecule has 0 aliphatic carbocycles. The standard InChI is InChI=1S/C27H35ClN6O/c1-19(2)34-14-12-33(13-15-34)11-3-9-31-27-24(28)17-22(18-32-27)25(35)7-5-20-4-6-23-21(16-20)8-10-30-26(23)29/h4,6,8,10,16-19H,3,5,7,9,11-15H2,1-2H3,(H2,29,30)(H,31,32). The summed E-state index contributed by atoms with van der Waals surface area (Å²) < 4.78 is 0. The third-order valence-electron chi connectivity index (χ3n) is 6.74. The van der Waals surface area contributed by atoms with Gasteiger partial charge >= 0.3 is 0 Å². The quantitative estimate of drug-likeness (QED) is 0.316. The number of piperazine rings is 1. The zero-order valence-electron chi connectivity index (χ0n) is 20.6. The number of carbonyl (C=O) groups excluding carboxylic acids is 1. The second-order valence-electron chi connectivity index (χ2n) is 9.48. The van der Waals surface area contributed by atoms with E-state index in [0.717, 1.165) is 62.0 Å². The number of nitrogens with zero attached hydrogens (tertiary/aromatic N) is 4. The van der Waals surface area contributed by atoms with Crippen LogP contribution >= 0.6 is 11.6 Å². The van der Waals surface area contributed by atoms with Crippen molar-refractivity contribution in [2.24, 2.45) is 0 Å². The number of nitrogens with one attached hydrogen (secondary N) is 1. The molecule has 0 unspecified atom stereocenters. The van der Waals surface area contributed by atoms with Crippen LogP contribution in [0.5, 0.6) is 0 Å². The Balaban J connectivity index is 1.23. The van der Waals surface area contributed by atoms with Crippen molar-refractivity contribution in [3.05, 3.63) is 58.9 Å². The summed E-state index contributed by atoms with van der Waals surface area (Å²) >= 11 is 6.43. The molecule has 2 aromatic heterocycles. The van der Waals surface area contributed by atoms with Crippen molar-refractivity contribution in [1.29, 1.82) is 0 Å². The molecule has 1 aliphatic rings. The molecule has 8 heteroatoms. The maximum Gasteiger partial charge on any atom is 0.164 e. The summed E-state index contributed by atoms with van der Waals surface area (Å²) in [7, 11) is 0. The van der Waals surface area contributed by atoms with Crippen LogP contribution in [-0.4, -0.2) is 70.9 Å². The number of anilines is 2. The number of aromatic nitrogens is 2. The monoisotopic (exact) mass is 494 g/mol. The van der Waals surface area contributed by atoms with E-state index in [1.807, 2.05) is 18.2 Å². The second kappa shape index (κ2) is 11.8. The number of nitrogens with two attached hydrogens (primary N) is 1. The molecule has 0 atom stereocenters. The van der Waals surface area contributed by atoms with Gasteiger partial charge in [-0.1, -0.05) is 29.8 Å². The van der Waals surface area contributed by atoms with Gasteiger partial charge in [-0.25, -0.2) is 9.97 Å². The van der Waals surface area contributed by atoms with Gasteiger partial charge in [0.05, 0.1) is 5.02 Å². The maximum atomic E-state index is 12.7. The molecule has 3 N–H and O–H groups in total. The molecule has 1 fully saturated rings. The van der Waals surface area contributed by atoms with Crippen molar-refractivity contribution in [3.63, 3.8) is 0 Å². The van der Waals surface area contributed by atoms with Crippen molar-refractivity contribution in [3.8, 4) is 0 Å². The van der Waals surface area contributed by atoms with Gasteiger partial charge < -0.3 is 16.0 Å². The first-order valence-electron chi connectivity index (χ1n) is 12.4. The third-order valence-corrected chi connectivity index (χ3v) is 7.03. The first-order chi connectivity index (χ1) is 16.9. The summed E-state index contributed by atoms with van der Waals surface area (Å²) in [5, 5.41) is 5.75. The van der Waals surface area contributed by atoms with Gasteiger partial charge in [0.1, 0.15) is 11.6 Å². The number of hydrogen-bond donors (Lipinski definition) is 2. The average molecular weight is 495 g/mol. The van der Waals surface area contributed by atoms with Crippen LogP contribution in [0.3, 0.4) is 0 Å². The molecule has 1 saturated heterocycles. The van der Waals surface area contributed by atoms with E-state index in [1.54, 1.807) is 18.5 Å². The molecule has 3 heterocycles. The number of pyridine rings is 2. The zero-order valence-corrected chi connectivity index (χ0v) is 21.4. The number of nitrogen functional groups attached to an aromatic ring is 1. The number of carbonyl (C=O) groups is 1. The minimum atomic E-state index is 0.0285. The van der Waals surface area contributed by atoms with Crippen LogP contribution in [0.1, 0.15) is 42.6 Å². The number of ketones is 1. The molecule has 0 spiro atoms. The van der Waals surface area contributed by atoms with Gasteiger partial charge in [0.15, 0.2) is 5.78 Å². The lowest BCUT2D eigenvalue weighted by Crippen LogP contribution is -2.49. The largest absolute Gasteiger partial charge is 0.383 e. The van der Waals surface area contributed by atoms with Crippen molar-refractivity contribution < 1.29 is 4.79 Å². The van der Waals surface area contributed by atoms with E-state index in [1.165, 1.54) is 0 Å². The molecule has 186 valence electrons. The molecule has 7 nitrogen and oxygen atoms in total. The Morgan fingerprint density at radius 1 is 1.14 bits per heavy atom. The first-order valence-corrected chi connectivity index (χ1v) is 12.8. The molecular weight excluding hydrogens is 460 g/mol. The van der Waals surface area contributed by atoms with E-state index in [-0.39, 0.29) is 5.78 Å². The first kappa shape index (κ1) is 25.4. The normalized spacial score (nSPS) is 15.1. The minimum absolute atomic E-state index is 0.0285. The molecule has 0 amide bonds. The molecule has 35 heavy (non-hydrogen) atoms. The van der Waals surface area contributed by atoms with Gasteiger partial charge in [-0.05, 0) is 56.3 Å². The van der Waals surface area contributed by atoms with Crippen LogP contribution in [-0.2, 0) is 6.42 Å². The number of Topliss-reactive ketones (excluding diaryl/α,β-unsaturated/α-hetero) is 1. The Morgan fingerprint density at radius 3 is 2.69 bits per heavy atom. The van der Waals surface area contributed by atoms with E-state index in [4.69, 9.17) is 17.3 Å². The highest BCUT2D eigenvalue weighted by Gasteiger charge is 2.18. The summed E-state index contributed by atoms with van der Waals surface area (Å²) in [6.07, 6.45) is 5.37. The fourth-order valence-corrected chi connectivity index (χ4v) is 4.77. The van der Waals surface area contributed by atoms with Crippen LogP contribution in [0, 0.1) is 0 Å². The number of benzene rings is 1. The fraction of sp³-hybridized carbons (Fsp3) is 0.444. The molecule has 1 aliphatic heterocycles. The summed E-state index contributed by atoms with van der Waals surface area (Å²) in [6, 6.07) is 10.3. The maximum absolute atomic E-state index is 12.7. The number of aryl methyl sites for hydroxylation is 1. The Labute approximate surface area is 212 Å². The van der Waals surface area contributed by atoms with Crippen LogP contribution in [0.25, 0.3) is 10.8 Å². The molecule has 0 bridgehead atoms. The Bertz CT molecular complexity index is 1160. The number of halogens is 1. The predicted octanol–water partition coefficient (Wildman–Crippen LogP) is 4.51. The Hall–Kier alpha value is -2.74. The molecule has 4 rings (SSSR count). The van der Waals surface area contributed by atoms with Crippen LogP contribution < -0.4 is 11.1 Å². The van der Waals surface area contributed by atoms with Gasteiger partial charge in [-0.3, -0.25) is 9.69 Å². The molecule has 1 aromatic carbocycles. The fourth-order valence-electron chi connectivity index (χ4n) is 4.54.